The molecule has 0 unspecified atom stereocenters. The second-order valence-corrected chi connectivity index (χ2v) is 6.31. The first-order valence-electron chi connectivity index (χ1n) is 8.69. The fraction of sp³-hybridized carbons (Fsp3) is 0. The SMILES string of the molecule is [Fe].c1ccc(-c2ccnc3c2ccc2c(-c4ccccc4)ccnc23)cc1. The van der Waals surface area contributed by atoms with Crippen LogP contribution in [0.1, 0.15) is 0 Å². The zero-order chi connectivity index (χ0) is 17.3. The van der Waals surface area contributed by atoms with Gasteiger partial charge in [-0.15, -0.1) is 0 Å². The van der Waals surface area contributed by atoms with E-state index < -0.39 is 0 Å². The molecule has 2 aromatic heterocycles. The zero-order valence-corrected chi connectivity index (χ0v) is 15.6. The van der Waals surface area contributed by atoms with E-state index in [1.807, 2.05) is 24.5 Å². The van der Waals surface area contributed by atoms with Gasteiger partial charge in [-0.2, -0.15) is 0 Å². The van der Waals surface area contributed by atoms with E-state index in [0.29, 0.717) is 0 Å². The molecule has 0 bridgehead atoms. The number of nitrogens with zero attached hydrogens (tertiary/aromatic N) is 2. The van der Waals surface area contributed by atoms with Crippen molar-refractivity contribution in [3.8, 4) is 22.3 Å². The number of hydrogen-bond donors (Lipinski definition) is 0. The van der Waals surface area contributed by atoms with Crippen LogP contribution in [0.15, 0.2) is 97.3 Å². The van der Waals surface area contributed by atoms with E-state index in [1.165, 1.54) is 22.3 Å². The predicted octanol–water partition coefficient (Wildman–Crippen LogP) is 6.11. The van der Waals surface area contributed by atoms with Gasteiger partial charge in [0.15, 0.2) is 0 Å². The Bertz CT molecular complexity index is 1120. The Hall–Kier alpha value is -3.00. The molecule has 0 aliphatic carbocycles. The third-order valence-electron chi connectivity index (χ3n) is 4.79. The summed E-state index contributed by atoms with van der Waals surface area (Å²) in [7, 11) is 0. The van der Waals surface area contributed by atoms with E-state index in [4.69, 9.17) is 0 Å². The van der Waals surface area contributed by atoms with E-state index in [-0.39, 0.29) is 17.1 Å². The van der Waals surface area contributed by atoms with Crippen LogP contribution in [-0.4, -0.2) is 9.97 Å². The molecule has 27 heavy (non-hydrogen) atoms. The van der Waals surface area contributed by atoms with Crippen molar-refractivity contribution in [3.05, 3.63) is 97.3 Å². The summed E-state index contributed by atoms with van der Waals surface area (Å²) in [4.78, 5) is 9.34. The van der Waals surface area contributed by atoms with Crippen LogP contribution in [0.5, 0.6) is 0 Å². The average molecular weight is 388 g/mol. The molecule has 0 aliphatic heterocycles. The van der Waals surface area contributed by atoms with Gasteiger partial charge in [-0.1, -0.05) is 72.8 Å². The first-order chi connectivity index (χ1) is 12.9. The summed E-state index contributed by atoms with van der Waals surface area (Å²) in [6, 6.07) is 29.3. The van der Waals surface area contributed by atoms with Gasteiger partial charge < -0.3 is 0 Å². The molecule has 5 rings (SSSR count). The van der Waals surface area contributed by atoms with E-state index in [9.17, 15) is 0 Å². The molecule has 2 heterocycles. The molecule has 0 amide bonds. The number of hydrogen-bond acceptors (Lipinski definition) is 2. The van der Waals surface area contributed by atoms with Crippen LogP contribution < -0.4 is 0 Å². The summed E-state index contributed by atoms with van der Waals surface area (Å²) < 4.78 is 0. The zero-order valence-electron chi connectivity index (χ0n) is 14.5. The fourth-order valence-corrected chi connectivity index (χ4v) is 3.57. The Kier molecular flexibility index (Phi) is 4.72. The molecule has 3 heteroatoms. The second kappa shape index (κ2) is 7.32. The Labute approximate surface area is 168 Å². The van der Waals surface area contributed by atoms with Crippen LogP contribution in [0.4, 0.5) is 0 Å². The van der Waals surface area contributed by atoms with Crippen LogP contribution in [0.2, 0.25) is 0 Å². The molecule has 0 N–H and O–H groups in total. The topological polar surface area (TPSA) is 25.8 Å². The van der Waals surface area contributed by atoms with Gasteiger partial charge in [0.25, 0.3) is 0 Å². The van der Waals surface area contributed by atoms with Gasteiger partial charge in [-0.25, -0.2) is 0 Å². The van der Waals surface area contributed by atoms with Gasteiger partial charge in [0, 0.05) is 40.2 Å². The van der Waals surface area contributed by atoms with Crippen LogP contribution in [-0.2, 0) is 17.1 Å². The molecule has 130 valence electrons. The Morgan fingerprint density at radius 3 is 1.26 bits per heavy atom. The third-order valence-corrected chi connectivity index (χ3v) is 4.79. The van der Waals surface area contributed by atoms with E-state index in [0.717, 1.165) is 21.8 Å². The number of pyridine rings is 2. The number of fused-ring (bicyclic) bond motifs is 3. The molecule has 0 atom stereocenters. The molecule has 3 aromatic carbocycles. The predicted molar refractivity (Wildman–Crippen MR) is 108 cm³/mol. The van der Waals surface area contributed by atoms with Gasteiger partial charge in [0.05, 0.1) is 11.0 Å². The normalized spacial score (nSPS) is 10.7. The molecule has 0 aliphatic rings. The van der Waals surface area contributed by atoms with E-state index in [2.05, 4.69) is 82.8 Å². The first kappa shape index (κ1) is 17.4. The molecule has 5 aromatic rings. The van der Waals surface area contributed by atoms with Gasteiger partial charge >= 0.3 is 0 Å². The number of rotatable bonds is 2. The minimum atomic E-state index is 0. The van der Waals surface area contributed by atoms with Crippen molar-refractivity contribution in [2.75, 3.05) is 0 Å². The van der Waals surface area contributed by atoms with Crippen LogP contribution >= 0.6 is 0 Å². The smallest absolute Gasteiger partial charge is 0.0970 e. The quantitative estimate of drug-likeness (QED) is 0.269. The molecule has 0 radical (unpaired) electrons. The third kappa shape index (κ3) is 3.01. The maximum atomic E-state index is 4.67. The minimum absolute atomic E-state index is 0. The molecule has 0 spiro atoms. The van der Waals surface area contributed by atoms with Crippen molar-refractivity contribution in [1.82, 2.24) is 9.97 Å². The fourth-order valence-electron chi connectivity index (χ4n) is 3.57. The Balaban J connectivity index is 0.00000180. The summed E-state index contributed by atoms with van der Waals surface area (Å²) in [5, 5.41) is 2.26. The molecule has 0 saturated heterocycles. The van der Waals surface area contributed by atoms with Gasteiger partial charge in [-0.3, -0.25) is 9.97 Å². The van der Waals surface area contributed by atoms with Crippen molar-refractivity contribution in [2.24, 2.45) is 0 Å². The molecular weight excluding hydrogens is 372 g/mol. The Morgan fingerprint density at radius 2 is 0.852 bits per heavy atom. The van der Waals surface area contributed by atoms with Crippen molar-refractivity contribution in [2.45, 2.75) is 0 Å². The maximum absolute atomic E-state index is 4.67. The summed E-state index contributed by atoms with van der Waals surface area (Å²) in [5.74, 6) is 0. The first-order valence-corrected chi connectivity index (χ1v) is 8.69. The van der Waals surface area contributed by atoms with E-state index >= 15 is 0 Å². The summed E-state index contributed by atoms with van der Waals surface area (Å²) in [5.41, 5.74) is 6.65. The van der Waals surface area contributed by atoms with Gasteiger partial charge in [-0.05, 0) is 34.4 Å². The van der Waals surface area contributed by atoms with Crippen LogP contribution in [0.25, 0.3) is 44.1 Å². The number of aromatic nitrogens is 2. The summed E-state index contributed by atoms with van der Waals surface area (Å²) in [6.07, 6.45) is 3.75. The molecule has 2 nitrogen and oxygen atoms in total. The van der Waals surface area contributed by atoms with Crippen molar-refractivity contribution in [1.29, 1.82) is 0 Å². The van der Waals surface area contributed by atoms with Crippen molar-refractivity contribution in [3.63, 3.8) is 0 Å². The van der Waals surface area contributed by atoms with Crippen molar-refractivity contribution < 1.29 is 17.1 Å². The van der Waals surface area contributed by atoms with Gasteiger partial charge in [0.1, 0.15) is 0 Å². The number of benzene rings is 3. The Morgan fingerprint density at radius 1 is 0.444 bits per heavy atom. The molecule has 0 fully saturated rings. The maximum Gasteiger partial charge on any atom is 0.0970 e. The standard InChI is InChI=1S/C24H16N2.Fe/c1-3-7-17(8-4-1)19-13-15-25-23-21(19)11-12-22-20(14-16-26-24(22)23)18-9-5-2-6-10-18;/h1-16H;. The summed E-state index contributed by atoms with van der Waals surface area (Å²) in [6.45, 7) is 0. The molecular formula is C24H16FeN2. The van der Waals surface area contributed by atoms with E-state index in [1.54, 1.807) is 0 Å². The largest absolute Gasteiger partial charge is 0.254 e. The molecule has 0 saturated carbocycles. The van der Waals surface area contributed by atoms with Crippen LogP contribution in [0, 0.1) is 0 Å². The van der Waals surface area contributed by atoms with Gasteiger partial charge in [0.2, 0.25) is 0 Å². The minimum Gasteiger partial charge on any atom is -0.254 e. The monoisotopic (exact) mass is 388 g/mol. The van der Waals surface area contributed by atoms with Crippen LogP contribution in [0.3, 0.4) is 0 Å². The second-order valence-electron chi connectivity index (χ2n) is 6.31. The summed E-state index contributed by atoms with van der Waals surface area (Å²) >= 11 is 0. The van der Waals surface area contributed by atoms with Crippen molar-refractivity contribution >= 4 is 21.8 Å². The average Bonchev–Trinajstić information content (AvgIpc) is 2.74.